The molecule has 0 aromatic heterocycles. The minimum absolute atomic E-state index is 0.175. The number of nitrogens with zero attached hydrogens (tertiary/aromatic N) is 1. The van der Waals surface area contributed by atoms with Crippen molar-refractivity contribution < 1.29 is 0 Å². The Bertz CT molecular complexity index is 348. The maximum absolute atomic E-state index is 8.66. The number of rotatable bonds is 4. The highest BCUT2D eigenvalue weighted by Crippen LogP contribution is 2.26. The van der Waals surface area contributed by atoms with Crippen LogP contribution in [-0.2, 0) is 0 Å². The molecule has 0 fully saturated rings. The van der Waals surface area contributed by atoms with Crippen LogP contribution in [0.1, 0.15) is 25.3 Å². The van der Waals surface area contributed by atoms with Gasteiger partial charge in [0.1, 0.15) is 0 Å². The van der Waals surface area contributed by atoms with Crippen molar-refractivity contribution in [2.45, 2.75) is 32.7 Å². The molecule has 0 saturated carbocycles. The second-order valence-corrected chi connectivity index (χ2v) is 3.95. The van der Waals surface area contributed by atoms with Crippen LogP contribution in [-0.4, -0.2) is 6.04 Å². The van der Waals surface area contributed by atoms with E-state index in [-0.39, 0.29) is 6.04 Å². The van der Waals surface area contributed by atoms with Gasteiger partial charge in [-0.05, 0) is 25.0 Å². The van der Waals surface area contributed by atoms with Gasteiger partial charge in [0.15, 0.2) is 0 Å². The quantitative estimate of drug-likeness (QED) is 0.842. The van der Waals surface area contributed by atoms with Gasteiger partial charge in [0.2, 0.25) is 0 Å². The number of halogens is 1. The van der Waals surface area contributed by atoms with E-state index in [1.165, 1.54) is 0 Å². The molecule has 0 aliphatic heterocycles. The average molecular weight is 223 g/mol. The second-order valence-electron chi connectivity index (χ2n) is 3.54. The molecule has 0 radical (unpaired) electrons. The van der Waals surface area contributed by atoms with E-state index in [9.17, 15) is 0 Å². The lowest BCUT2D eigenvalue weighted by atomic mass is 10.1. The summed E-state index contributed by atoms with van der Waals surface area (Å²) >= 11 is 6.09. The number of hydrogen-bond acceptors (Lipinski definition) is 2. The van der Waals surface area contributed by atoms with Gasteiger partial charge < -0.3 is 5.32 Å². The fourth-order valence-corrected chi connectivity index (χ4v) is 1.70. The van der Waals surface area contributed by atoms with Gasteiger partial charge in [-0.2, -0.15) is 5.26 Å². The normalized spacial score (nSPS) is 11.9. The van der Waals surface area contributed by atoms with Crippen molar-refractivity contribution in [3.63, 3.8) is 0 Å². The van der Waals surface area contributed by atoms with Crippen molar-refractivity contribution in [1.29, 1.82) is 5.26 Å². The number of nitrogens with one attached hydrogen (secondary N) is 1. The van der Waals surface area contributed by atoms with Crippen molar-refractivity contribution in [2.75, 3.05) is 5.32 Å². The smallest absolute Gasteiger partial charge is 0.0643 e. The van der Waals surface area contributed by atoms with Gasteiger partial charge in [-0.25, -0.2) is 0 Å². The molecule has 1 aromatic carbocycles. The van der Waals surface area contributed by atoms with Crippen LogP contribution in [0.3, 0.4) is 0 Å². The first kappa shape index (κ1) is 11.9. The third kappa shape index (κ3) is 3.14. The monoisotopic (exact) mass is 222 g/mol. The van der Waals surface area contributed by atoms with E-state index >= 15 is 0 Å². The fourth-order valence-electron chi connectivity index (χ4n) is 1.43. The molecule has 0 heterocycles. The lowest BCUT2D eigenvalue weighted by Gasteiger charge is -2.18. The third-order valence-electron chi connectivity index (χ3n) is 2.40. The Kier molecular flexibility index (Phi) is 4.45. The molecular formula is C12H15ClN2. The number of anilines is 1. The summed E-state index contributed by atoms with van der Waals surface area (Å²) in [6.45, 7) is 4.06. The SMILES string of the molecule is CCC(CC#N)Nc1c(C)cccc1Cl. The van der Waals surface area contributed by atoms with Crippen LogP contribution in [0.4, 0.5) is 5.69 Å². The molecule has 0 amide bonds. The molecule has 0 aliphatic carbocycles. The van der Waals surface area contributed by atoms with Crippen molar-refractivity contribution >= 4 is 17.3 Å². The van der Waals surface area contributed by atoms with E-state index in [1.54, 1.807) is 0 Å². The number of para-hydroxylation sites is 1. The van der Waals surface area contributed by atoms with Gasteiger partial charge in [-0.15, -0.1) is 0 Å². The topological polar surface area (TPSA) is 35.8 Å². The van der Waals surface area contributed by atoms with Crippen LogP contribution < -0.4 is 5.32 Å². The molecule has 80 valence electrons. The molecule has 1 aromatic rings. The lowest BCUT2D eigenvalue weighted by molar-refractivity contribution is 0.710. The summed E-state index contributed by atoms with van der Waals surface area (Å²) < 4.78 is 0. The minimum Gasteiger partial charge on any atom is -0.380 e. The van der Waals surface area contributed by atoms with Crippen LogP contribution in [0.25, 0.3) is 0 Å². The van der Waals surface area contributed by atoms with E-state index in [0.29, 0.717) is 11.4 Å². The van der Waals surface area contributed by atoms with E-state index < -0.39 is 0 Å². The summed E-state index contributed by atoms with van der Waals surface area (Å²) in [5.41, 5.74) is 2.06. The predicted molar refractivity (Wildman–Crippen MR) is 64.1 cm³/mol. The van der Waals surface area contributed by atoms with Crippen molar-refractivity contribution in [3.05, 3.63) is 28.8 Å². The Balaban J connectivity index is 2.83. The fraction of sp³-hybridized carbons (Fsp3) is 0.417. The lowest BCUT2D eigenvalue weighted by Crippen LogP contribution is -2.18. The number of nitriles is 1. The third-order valence-corrected chi connectivity index (χ3v) is 2.72. The van der Waals surface area contributed by atoms with E-state index in [4.69, 9.17) is 16.9 Å². The summed E-state index contributed by atoms with van der Waals surface area (Å²) in [4.78, 5) is 0. The Morgan fingerprint density at radius 3 is 2.80 bits per heavy atom. The van der Waals surface area contributed by atoms with Crippen LogP contribution >= 0.6 is 11.6 Å². The summed E-state index contributed by atoms with van der Waals surface area (Å²) in [5.74, 6) is 0. The van der Waals surface area contributed by atoms with Crippen LogP contribution in [0.15, 0.2) is 18.2 Å². The highest BCUT2D eigenvalue weighted by Gasteiger charge is 2.09. The molecule has 1 unspecified atom stereocenters. The van der Waals surface area contributed by atoms with E-state index in [1.807, 2.05) is 25.1 Å². The zero-order valence-electron chi connectivity index (χ0n) is 9.05. The maximum Gasteiger partial charge on any atom is 0.0643 e. The van der Waals surface area contributed by atoms with Gasteiger partial charge in [0.05, 0.1) is 23.2 Å². The Hall–Kier alpha value is -1.20. The van der Waals surface area contributed by atoms with Gasteiger partial charge in [-0.3, -0.25) is 0 Å². The molecule has 2 nitrogen and oxygen atoms in total. The molecule has 3 heteroatoms. The summed E-state index contributed by atoms with van der Waals surface area (Å²) in [7, 11) is 0. The van der Waals surface area contributed by atoms with Crippen LogP contribution in [0.2, 0.25) is 5.02 Å². The van der Waals surface area contributed by atoms with Gasteiger partial charge in [-0.1, -0.05) is 30.7 Å². The standard InChI is InChI=1S/C12H15ClN2/c1-3-10(7-8-14)15-12-9(2)5-4-6-11(12)13/h4-6,10,15H,3,7H2,1-2H3. The molecule has 0 bridgehead atoms. The molecule has 1 atom stereocenters. The Labute approximate surface area is 95.9 Å². The molecule has 1 rings (SSSR count). The molecule has 0 spiro atoms. The number of hydrogen-bond donors (Lipinski definition) is 1. The molecule has 0 saturated heterocycles. The summed E-state index contributed by atoms with van der Waals surface area (Å²) in [5, 5.41) is 12.7. The highest BCUT2D eigenvalue weighted by molar-refractivity contribution is 6.33. The Morgan fingerprint density at radius 1 is 1.53 bits per heavy atom. The van der Waals surface area contributed by atoms with Gasteiger partial charge in [0, 0.05) is 6.04 Å². The summed E-state index contributed by atoms with van der Waals surface area (Å²) in [6.07, 6.45) is 1.42. The van der Waals surface area contributed by atoms with E-state index in [2.05, 4.69) is 18.3 Å². The van der Waals surface area contributed by atoms with Crippen molar-refractivity contribution in [3.8, 4) is 6.07 Å². The summed E-state index contributed by atoms with van der Waals surface area (Å²) in [6, 6.07) is 8.14. The minimum atomic E-state index is 0.175. The average Bonchev–Trinajstić information content (AvgIpc) is 2.22. The molecule has 15 heavy (non-hydrogen) atoms. The molecular weight excluding hydrogens is 208 g/mol. The van der Waals surface area contributed by atoms with Gasteiger partial charge >= 0.3 is 0 Å². The maximum atomic E-state index is 8.66. The van der Waals surface area contributed by atoms with Crippen LogP contribution in [0.5, 0.6) is 0 Å². The number of benzene rings is 1. The zero-order chi connectivity index (χ0) is 11.3. The zero-order valence-corrected chi connectivity index (χ0v) is 9.80. The van der Waals surface area contributed by atoms with Crippen LogP contribution in [0, 0.1) is 18.3 Å². The molecule has 1 N–H and O–H groups in total. The number of aryl methyl sites for hydroxylation is 1. The van der Waals surface area contributed by atoms with Crippen molar-refractivity contribution in [1.82, 2.24) is 0 Å². The largest absolute Gasteiger partial charge is 0.380 e. The highest BCUT2D eigenvalue weighted by atomic mass is 35.5. The first-order valence-corrected chi connectivity index (χ1v) is 5.45. The Morgan fingerprint density at radius 2 is 2.27 bits per heavy atom. The first-order chi connectivity index (χ1) is 7.19. The predicted octanol–water partition coefficient (Wildman–Crippen LogP) is 3.75. The van der Waals surface area contributed by atoms with Gasteiger partial charge in [0.25, 0.3) is 0 Å². The molecule has 0 aliphatic rings. The first-order valence-electron chi connectivity index (χ1n) is 5.07. The van der Waals surface area contributed by atoms with Crippen molar-refractivity contribution in [2.24, 2.45) is 0 Å². The second kappa shape index (κ2) is 5.63. The van der Waals surface area contributed by atoms with E-state index in [0.717, 1.165) is 17.7 Å².